The molecule has 0 unspecified atom stereocenters. The second kappa shape index (κ2) is 4.78. The Morgan fingerprint density at radius 2 is 2.06 bits per heavy atom. The number of piperidine rings is 1. The van der Waals surface area contributed by atoms with Crippen molar-refractivity contribution in [1.82, 2.24) is 4.98 Å². The number of hydrogen-bond acceptors (Lipinski definition) is 4. The number of anilines is 1. The minimum absolute atomic E-state index is 0.431. The first-order valence-electron chi connectivity index (χ1n) is 5.88. The zero-order valence-corrected chi connectivity index (χ0v) is 11.1. The van der Waals surface area contributed by atoms with Gasteiger partial charge in [0.1, 0.15) is 7.85 Å². The summed E-state index contributed by atoms with van der Waals surface area (Å²) in [6, 6.07) is 0. The SMILES string of the molecule is Bc1cncc(Cl)c1N1CCC(N)(C(N)=O)CC1. The number of primary amides is 1. The highest BCUT2D eigenvalue weighted by Crippen LogP contribution is 2.27. The predicted molar refractivity (Wildman–Crippen MR) is 75.0 cm³/mol. The Kier molecular flexibility index (Phi) is 3.50. The van der Waals surface area contributed by atoms with Gasteiger partial charge in [-0.05, 0) is 18.3 Å². The number of nitrogens with zero attached hydrogens (tertiary/aromatic N) is 2. The maximum atomic E-state index is 11.3. The molecule has 0 spiro atoms. The molecule has 1 saturated heterocycles. The molecule has 0 radical (unpaired) electrons. The Balaban J connectivity index is 2.18. The van der Waals surface area contributed by atoms with Gasteiger partial charge in [0.2, 0.25) is 5.91 Å². The Morgan fingerprint density at radius 3 is 2.56 bits per heavy atom. The lowest BCUT2D eigenvalue weighted by Crippen LogP contribution is -2.58. The molecule has 0 atom stereocenters. The van der Waals surface area contributed by atoms with Crippen LogP contribution in [0.15, 0.2) is 12.4 Å². The van der Waals surface area contributed by atoms with Crippen molar-refractivity contribution >= 4 is 36.5 Å². The zero-order chi connectivity index (χ0) is 13.3. The molecule has 18 heavy (non-hydrogen) atoms. The predicted octanol–water partition coefficient (Wildman–Crippen LogP) is -1.22. The maximum Gasteiger partial charge on any atom is 0.237 e. The van der Waals surface area contributed by atoms with E-state index in [-0.39, 0.29) is 0 Å². The minimum atomic E-state index is -0.885. The van der Waals surface area contributed by atoms with Gasteiger partial charge in [-0.2, -0.15) is 0 Å². The van der Waals surface area contributed by atoms with Crippen molar-refractivity contribution < 1.29 is 4.79 Å². The normalized spacial score (nSPS) is 18.7. The van der Waals surface area contributed by atoms with E-state index in [0.717, 1.165) is 11.2 Å². The van der Waals surface area contributed by atoms with Gasteiger partial charge in [-0.15, -0.1) is 0 Å². The van der Waals surface area contributed by atoms with E-state index in [0.29, 0.717) is 31.0 Å². The number of hydrogen-bond donors (Lipinski definition) is 2. The number of pyridine rings is 1. The Morgan fingerprint density at radius 1 is 1.44 bits per heavy atom. The molecule has 2 heterocycles. The molecule has 1 aliphatic heterocycles. The molecule has 4 N–H and O–H groups in total. The van der Waals surface area contributed by atoms with Crippen molar-refractivity contribution in [2.45, 2.75) is 18.4 Å². The summed E-state index contributed by atoms with van der Waals surface area (Å²) in [5.74, 6) is -0.431. The number of carbonyl (C=O) groups is 1. The van der Waals surface area contributed by atoms with Crippen LogP contribution in [0.2, 0.25) is 5.02 Å². The van der Waals surface area contributed by atoms with Gasteiger partial charge >= 0.3 is 0 Å². The van der Waals surface area contributed by atoms with Crippen molar-refractivity contribution in [1.29, 1.82) is 0 Å². The first-order valence-corrected chi connectivity index (χ1v) is 6.26. The smallest absolute Gasteiger partial charge is 0.237 e. The van der Waals surface area contributed by atoms with Crippen LogP contribution in [-0.4, -0.2) is 37.4 Å². The molecule has 1 aromatic heterocycles. The number of rotatable bonds is 2. The van der Waals surface area contributed by atoms with Crippen LogP contribution in [0.1, 0.15) is 12.8 Å². The van der Waals surface area contributed by atoms with E-state index in [4.69, 9.17) is 23.1 Å². The number of aromatic nitrogens is 1. The van der Waals surface area contributed by atoms with Crippen LogP contribution in [0.3, 0.4) is 0 Å². The summed E-state index contributed by atoms with van der Waals surface area (Å²) in [6.07, 6.45) is 4.49. The third kappa shape index (κ3) is 2.30. The van der Waals surface area contributed by atoms with Crippen LogP contribution in [0.4, 0.5) is 5.69 Å². The second-order valence-corrected chi connectivity index (χ2v) is 5.20. The van der Waals surface area contributed by atoms with Gasteiger partial charge in [-0.25, -0.2) is 0 Å². The van der Waals surface area contributed by atoms with Gasteiger partial charge in [0.25, 0.3) is 0 Å². The van der Waals surface area contributed by atoms with Crippen LogP contribution in [0.25, 0.3) is 0 Å². The topological polar surface area (TPSA) is 85.2 Å². The van der Waals surface area contributed by atoms with Gasteiger partial charge in [0.05, 0.1) is 16.2 Å². The van der Waals surface area contributed by atoms with Crippen molar-refractivity contribution in [3.8, 4) is 0 Å². The molecular formula is C11H16BClN4O. The van der Waals surface area contributed by atoms with Gasteiger partial charge in [0.15, 0.2) is 0 Å². The van der Waals surface area contributed by atoms with E-state index in [2.05, 4.69) is 9.88 Å². The van der Waals surface area contributed by atoms with Crippen LogP contribution >= 0.6 is 11.6 Å². The molecule has 1 aliphatic rings. The van der Waals surface area contributed by atoms with E-state index < -0.39 is 11.4 Å². The van der Waals surface area contributed by atoms with E-state index in [1.807, 2.05) is 7.85 Å². The number of nitrogens with two attached hydrogens (primary N) is 2. The van der Waals surface area contributed by atoms with Gasteiger partial charge in [-0.3, -0.25) is 9.78 Å². The molecule has 1 amide bonds. The van der Waals surface area contributed by atoms with Gasteiger partial charge in [0, 0.05) is 25.5 Å². The molecule has 2 rings (SSSR count). The number of halogens is 1. The molecular weight excluding hydrogens is 250 g/mol. The fourth-order valence-electron chi connectivity index (χ4n) is 2.30. The Bertz CT molecular complexity index is 454. The lowest BCUT2D eigenvalue weighted by molar-refractivity contribution is -0.123. The first-order chi connectivity index (χ1) is 8.44. The summed E-state index contributed by atoms with van der Waals surface area (Å²) < 4.78 is 0. The lowest BCUT2D eigenvalue weighted by Gasteiger charge is -2.39. The fraction of sp³-hybridized carbons (Fsp3) is 0.455. The summed E-state index contributed by atoms with van der Waals surface area (Å²) >= 11 is 6.17. The molecule has 0 aromatic carbocycles. The summed E-state index contributed by atoms with van der Waals surface area (Å²) in [5.41, 5.74) is 12.4. The third-order valence-electron chi connectivity index (χ3n) is 3.52. The lowest BCUT2D eigenvalue weighted by atomic mass is 9.86. The van der Waals surface area contributed by atoms with E-state index in [1.54, 1.807) is 12.4 Å². The highest BCUT2D eigenvalue weighted by Gasteiger charge is 2.36. The number of amides is 1. The summed E-state index contributed by atoms with van der Waals surface area (Å²) in [5, 5.41) is 0.624. The summed E-state index contributed by atoms with van der Waals surface area (Å²) in [4.78, 5) is 17.5. The molecule has 96 valence electrons. The van der Waals surface area contributed by atoms with Crippen LogP contribution in [0, 0.1) is 0 Å². The number of carbonyl (C=O) groups excluding carboxylic acids is 1. The molecule has 5 nitrogen and oxygen atoms in total. The van der Waals surface area contributed by atoms with Gasteiger partial charge < -0.3 is 16.4 Å². The van der Waals surface area contributed by atoms with Crippen LogP contribution in [0.5, 0.6) is 0 Å². The second-order valence-electron chi connectivity index (χ2n) is 4.79. The van der Waals surface area contributed by atoms with E-state index in [9.17, 15) is 4.79 Å². The highest BCUT2D eigenvalue weighted by molar-refractivity contribution is 6.41. The molecule has 0 saturated carbocycles. The van der Waals surface area contributed by atoms with Crippen molar-refractivity contribution in [2.24, 2.45) is 11.5 Å². The van der Waals surface area contributed by atoms with Crippen LogP contribution < -0.4 is 21.8 Å². The Labute approximate surface area is 112 Å². The third-order valence-corrected chi connectivity index (χ3v) is 3.80. The molecule has 0 aliphatic carbocycles. The van der Waals surface area contributed by atoms with Crippen LogP contribution in [-0.2, 0) is 4.79 Å². The maximum absolute atomic E-state index is 11.3. The van der Waals surface area contributed by atoms with E-state index in [1.165, 1.54) is 0 Å². The van der Waals surface area contributed by atoms with Gasteiger partial charge in [-0.1, -0.05) is 11.6 Å². The quantitative estimate of drug-likeness (QED) is 0.657. The van der Waals surface area contributed by atoms with Crippen molar-refractivity contribution in [3.63, 3.8) is 0 Å². The van der Waals surface area contributed by atoms with Crippen molar-refractivity contribution in [2.75, 3.05) is 18.0 Å². The molecule has 1 fully saturated rings. The minimum Gasteiger partial charge on any atom is -0.371 e. The van der Waals surface area contributed by atoms with E-state index >= 15 is 0 Å². The summed E-state index contributed by atoms with van der Waals surface area (Å²) in [7, 11) is 1.96. The molecule has 0 bridgehead atoms. The summed E-state index contributed by atoms with van der Waals surface area (Å²) in [6.45, 7) is 1.34. The fourth-order valence-corrected chi connectivity index (χ4v) is 2.63. The zero-order valence-electron chi connectivity index (χ0n) is 10.3. The Hall–Kier alpha value is -1.27. The first kappa shape index (κ1) is 13.2. The molecule has 1 aromatic rings. The molecule has 7 heteroatoms. The highest BCUT2D eigenvalue weighted by atomic mass is 35.5. The average molecular weight is 267 g/mol. The standard InChI is InChI=1S/C11H16BClN4O/c12-7-5-16-6-8(13)9(7)17-3-1-11(15,2-4-17)10(14)18/h5-6H,1-4,12,15H2,(H2,14,18). The largest absolute Gasteiger partial charge is 0.371 e. The van der Waals surface area contributed by atoms with Crippen molar-refractivity contribution in [3.05, 3.63) is 17.4 Å². The average Bonchev–Trinajstić information content (AvgIpc) is 2.31. The monoisotopic (exact) mass is 266 g/mol.